The molecular formula is C9H17ClN2O4S. The number of amides is 1. The van der Waals surface area contributed by atoms with Gasteiger partial charge in [-0.1, -0.05) is 0 Å². The second-order valence-corrected chi connectivity index (χ2v) is 5.99. The van der Waals surface area contributed by atoms with Crippen LogP contribution in [0.15, 0.2) is 0 Å². The number of carbonyl (C=O) groups is 1. The van der Waals surface area contributed by atoms with E-state index in [1.807, 2.05) is 4.72 Å². The molecule has 0 bridgehead atoms. The van der Waals surface area contributed by atoms with Crippen LogP contribution >= 0.6 is 11.6 Å². The first kappa shape index (κ1) is 14.5. The van der Waals surface area contributed by atoms with Crippen molar-refractivity contribution < 1.29 is 17.9 Å². The zero-order valence-corrected chi connectivity index (χ0v) is 11.3. The molecule has 1 fully saturated rings. The van der Waals surface area contributed by atoms with Crippen LogP contribution in [0.2, 0.25) is 0 Å². The maximum Gasteiger partial charge on any atom is 0.421 e. The Morgan fingerprint density at radius 1 is 1.59 bits per heavy atom. The van der Waals surface area contributed by atoms with E-state index in [0.29, 0.717) is 19.0 Å². The third-order valence-corrected chi connectivity index (χ3v) is 4.39. The van der Waals surface area contributed by atoms with Crippen molar-refractivity contribution in [3.63, 3.8) is 0 Å². The van der Waals surface area contributed by atoms with E-state index in [9.17, 15) is 13.2 Å². The van der Waals surface area contributed by atoms with E-state index in [-0.39, 0.29) is 5.92 Å². The molecule has 0 aromatic carbocycles. The van der Waals surface area contributed by atoms with Crippen LogP contribution in [0.3, 0.4) is 0 Å². The zero-order chi connectivity index (χ0) is 12.9. The van der Waals surface area contributed by atoms with Crippen LogP contribution in [0.5, 0.6) is 0 Å². The number of piperidine rings is 1. The Hall–Kier alpha value is -0.530. The van der Waals surface area contributed by atoms with E-state index in [4.69, 9.17) is 11.6 Å². The molecule has 1 unspecified atom stereocenters. The minimum Gasteiger partial charge on any atom is -0.452 e. The van der Waals surface area contributed by atoms with Crippen molar-refractivity contribution in [2.45, 2.75) is 19.3 Å². The van der Waals surface area contributed by atoms with Crippen molar-refractivity contribution in [3.05, 3.63) is 0 Å². The number of nitrogens with zero attached hydrogens (tertiary/aromatic N) is 1. The van der Waals surface area contributed by atoms with Crippen molar-refractivity contribution in [3.8, 4) is 0 Å². The molecule has 0 spiro atoms. The van der Waals surface area contributed by atoms with Gasteiger partial charge in [0.2, 0.25) is 0 Å². The predicted molar refractivity (Wildman–Crippen MR) is 64.1 cm³/mol. The van der Waals surface area contributed by atoms with Crippen LogP contribution < -0.4 is 4.72 Å². The maximum atomic E-state index is 11.8. The first-order valence-corrected chi connectivity index (χ1v) is 7.39. The number of hydrogen-bond acceptors (Lipinski definition) is 4. The fourth-order valence-electron chi connectivity index (χ4n) is 1.85. The van der Waals surface area contributed by atoms with Crippen molar-refractivity contribution in [2.24, 2.45) is 5.92 Å². The summed E-state index contributed by atoms with van der Waals surface area (Å²) in [5.74, 6) is 0.777. The molecule has 1 N–H and O–H groups in total. The molecule has 1 heterocycles. The Labute approximate surface area is 106 Å². The van der Waals surface area contributed by atoms with Gasteiger partial charge in [0.05, 0.1) is 7.11 Å². The molecule has 17 heavy (non-hydrogen) atoms. The first-order valence-electron chi connectivity index (χ1n) is 5.41. The zero-order valence-electron chi connectivity index (χ0n) is 9.69. The molecule has 1 aliphatic rings. The van der Waals surface area contributed by atoms with Gasteiger partial charge in [0.1, 0.15) is 0 Å². The van der Waals surface area contributed by atoms with Crippen molar-refractivity contribution in [1.29, 1.82) is 0 Å². The molecule has 0 aromatic heterocycles. The molecule has 6 nitrogen and oxygen atoms in total. The molecular weight excluding hydrogens is 268 g/mol. The van der Waals surface area contributed by atoms with Gasteiger partial charge in [-0.3, -0.25) is 0 Å². The number of ether oxygens (including phenoxy) is 1. The van der Waals surface area contributed by atoms with Crippen molar-refractivity contribution >= 4 is 27.9 Å². The number of halogens is 1. The standard InChI is InChI=1S/C9H17ClN2O4S/c1-16-9(13)11-17(14,15)12-6-2-3-8(7-12)4-5-10/h8H,2-7H2,1H3,(H,11,13). The van der Waals surface area contributed by atoms with E-state index in [1.165, 1.54) is 4.31 Å². The second-order valence-electron chi connectivity index (χ2n) is 3.94. The molecule has 1 amide bonds. The Morgan fingerprint density at radius 3 is 2.88 bits per heavy atom. The molecule has 1 rings (SSSR count). The predicted octanol–water partition coefficient (Wildman–Crippen LogP) is 0.928. The normalized spacial score (nSPS) is 22.1. The molecule has 8 heteroatoms. The summed E-state index contributed by atoms with van der Waals surface area (Å²) < 4.78 is 31.0. The summed E-state index contributed by atoms with van der Waals surface area (Å²) in [5.41, 5.74) is 0. The number of nitrogens with one attached hydrogen (secondary N) is 1. The van der Waals surface area contributed by atoms with E-state index in [2.05, 4.69) is 4.74 Å². The number of alkyl halides is 1. The van der Waals surface area contributed by atoms with Crippen LogP contribution in [-0.2, 0) is 14.9 Å². The fraction of sp³-hybridized carbons (Fsp3) is 0.889. The summed E-state index contributed by atoms with van der Waals surface area (Å²) in [6.07, 6.45) is 1.57. The monoisotopic (exact) mass is 284 g/mol. The lowest BCUT2D eigenvalue weighted by atomic mass is 9.97. The molecule has 0 aromatic rings. The van der Waals surface area contributed by atoms with E-state index in [1.54, 1.807) is 0 Å². The average Bonchev–Trinajstić information content (AvgIpc) is 2.29. The molecule has 100 valence electrons. The third kappa shape index (κ3) is 4.33. The topological polar surface area (TPSA) is 75.7 Å². The van der Waals surface area contributed by atoms with Gasteiger partial charge in [0.25, 0.3) is 0 Å². The average molecular weight is 285 g/mol. The van der Waals surface area contributed by atoms with Crippen molar-refractivity contribution in [1.82, 2.24) is 9.03 Å². The molecule has 1 atom stereocenters. The van der Waals surface area contributed by atoms with Gasteiger partial charge >= 0.3 is 16.3 Å². The third-order valence-electron chi connectivity index (χ3n) is 2.74. The minimum absolute atomic E-state index is 0.260. The summed E-state index contributed by atoms with van der Waals surface area (Å²) >= 11 is 5.65. The summed E-state index contributed by atoms with van der Waals surface area (Å²) in [4.78, 5) is 10.9. The number of methoxy groups -OCH3 is 1. The van der Waals surface area contributed by atoms with Crippen LogP contribution in [0.1, 0.15) is 19.3 Å². The summed E-state index contributed by atoms with van der Waals surface area (Å²) in [7, 11) is -2.66. The molecule has 0 radical (unpaired) electrons. The van der Waals surface area contributed by atoms with E-state index in [0.717, 1.165) is 26.4 Å². The molecule has 1 saturated heterocycles. The molecule has 1 aliphatic heterocycles. The minimum atomic E-state index is -3.78. The molecule has 0 saturated carbocycles. The Bertz CT molecular complexity index is 358. The quantitative estimate of drug-likeness (QED) is 0.779. The highest BCUT2D eigenvalue weighted by atomic mass is 35.5. The Kier molecular flexibility index (Phi) is 5.48. The lowest BCUT2D eigenvalue weighted by Crippen LogP contribution is -2.47. The highest BCUT2D eigenvalue weighted by molar-refractivity contribution is 7.87. The van der Waals surface area contributed by atoms with Gasteiger partial charge in [-0.05, 0) is 25.2 Å². The van der Waals surface area contributed by atoms with Gasteiger partial charge in [-0.2, -0.15) is 12.7 Å². The van der Waals surface area contributed by atoms with Gasteiger partial charge in [-0.15, -0.1) is 11.6 Å². The largest absolute Gasteiger partial charge is 0.452 e. The SMILES string of the molecule is COC(=O)NS(=O)(=O)N1CCCC(CCCl)C1. The van der Waals surface area contributed by atoms with Crippen LogP contribution in [0.25, 0.3) is 0 Å². The van der Waals surface area contributed by atoms with Gasteiger partial charge in [-0.25, -0.2) is 9.52 Å². The number of rotatable bonds is 4. The highest BCUT2D eigenvalue weighted by Gasteiger charge is 2.29. The van der Waals surface area contributed by atoms with Crippen LogP contribution in [-0.4, -0.2) is 44.9 Å². The fourth-order valence-corrected chi connectivity index (χ4v) is 3.35. The number of hydrogen-bond donors (Lipinski definition) is 1. The van der Waals surface area contributed by atoms with Gasteiger partial charge in [0, 0.05) is 19.0 Å². The van der Waals surface area contributed by atoms with Gasteiger partial charge in [0.15, 0.2) is 0 Å². The summed E-state index contributed by atoms with van der Waals surface area (Å²) in [6, 6.07) is 0. The molecule has 0 aliphatic carbocycles. The lowest BCUT2D eigenvalue weighted by molar-refractivity contribution is 0.176. The van der Waals surface area contributed by atoms with E-state index >= 15 is 0 Å². The maximum absolute atomic E-state index is 11.8. The lowest BCUT2D eigenvalue weighted by Gasteiger charge is -2.31. The first-order chi connectivity index (χ1) is 7.99. The smallest absolute Gasteiger partial charge is 0.421 e. The van der Waals surface area contributed by atoms with Crippen LogP contribution in [0, 0.1) is 5.92 Å². The van der Waals surface area contributed by atoms with Gasteiger partial charge < -0.3 is 4.74 Å². The number of carbonyl (C=O) groups excluding carboxylic acids is 1. The summed E-state index contributed by atoms with van der Waals surface area (Å²) in [6.45, 7) is 0.824. The van der Waals surface area contributed by atoms with Crippen LogP contribution in [0.4, 0.5) is 4.79 Å². The Morgan fingerprint density at radius 2 is 2.29 bits per heavy atom. The second kappa shape index (κ2) is 6.42. The van der Waals surface area contributed by atoms with Crippen molar-refractivity contribution in [2.75, 3.05) is 26.1 Å². The highest BCUT2D eigenvalue weighted by Crippen LogP contribution is 2.21. The van der Waals surface area contributed by atoms with E-state index < -0.39 is 16.3 Å². The summed E-state index contributed by atoms with van der Waals surface area (Å²) in [5, 5.41) is 0. The Balaban J connectivity index is 2.61.